The van der Waals surface area contributed by atoms with Crippen LogP contribution in [0.5, 0.6) is 5.75 Å². The zero-order chi connectivity index (χ0) is 21.0. The van der Waals surface area contributed by atoms with Crippen molar-refractivity contribution in [2.24, 2.45) is 0 Å². The van der Waals surface area contributed by atoms with Crippen LogP contribution in [0.4, 0.5) is 4.39 Å². The topological polar surface area (TPSA) is 103 Å². The van der Waals surface area contributed by atoms with Crippen LogP contribution in [0, 0.1) is 5.82 Å². The molecule has 30 heavy (non-hydrogen) atoms. The number of aromatic amines is 1. The summed E-state index contributed by atoms with van der Waals surface area (Å²) in [5.41, 5.74) is 1.63. The minimum absolute atomic E-state index is 0.00997. The summed E-state index contributed by atoms with van der Waals surface area (Å²) in [6.45, 7) is 0. The van der Waals surface area contributed by atoms with E-state index in [0.29, 0.717) is 23.2 Å². The zero-order valence-electron chi connectivity index (χ0n) is 15.7. The van der Waals surface area contributed by atoms with Crippen LogP contribution in [-0.4, -0.2) is 52.1 Å². The minimum Gasteiger partial charge on any atom is -0.507 e. The highest BCUT2D eigenvalue weighted by molar-refractivity contribution is 7.91. The van der Waals surface area contributed by atoms with E-state index >= 15 is 0 Å². The smallest absolute Gasteiger partial charge is 0.273 e. The summed E-state index contributed by atoms with van der Waals surface area (Å²) in [4.78, 5) is 14.7. The standard InChI is InChI=1S/C21H18FN3O4S/c22-15-7-3-1-5-13(15)20-17-18(14-6-2-4-8-16(14)26)23-24-19(17)21(27)25(20)12-9-10-30(28,29)11-12/h1-8,12,20,26H,9-11H2,(H,23,24)/t12-,20-/m1/s1. The number of H-pyrrole nitrogens is 1. The van der Waals surface area contributed by atoms with Crippen molar-refractivity contribution in [1.29, 1.82) is 0 Å². The number of hydrogen-bond donors (Lipinski definition) is 2. The molecular formula is C21H18FN3O4S. The Morgan fingerprint density at radius 1 is 1.13 bits per heavy atom. The van der Waals surface area contributed by atoms with Crippen molar-refractivity contribution in [2.45, 2.75) is 18.5 Å². The maximum atomic E-state index is 14.9. The molecule has 0 unspecified atom stereocenters. The van der Waals surface area contributed by atoms with Gasteiger partial charge in [-0.05, 0) is 24.6 Å². The molecule has 2 N–H and O–H groups in total. The molecule has 154 valence electrons. The number of amides is 1. The second-order valence-electron chi connectivity index (χ2n) is 7.57. The number of sulfone groups is 1. The first-order valence-electron chi connectivity index (χ1n) is 9.51. The second-order valence-corrected chi connectivity index (χ2v) is 9.80. The molecule has 2 aromatic carbocycles. The predicted octanol–water partition coefficient (Wildman–Crippen LogP) is 2.65. The minimum atomic E-state index is -3.26. The van der Waals surface area contributed by atoms with E-state index in [2.05, 4.69) is 10.2 Å². The number of phenols is 1. The number of nitrogens with zero attached hydrogens (tertiary/aromatic N) is 2. The summed E-state index contributed by atoms with van der Waals surface area (Å²) in [6, 6.07) is 11.3. The number of aromatic nitrogens is 2. The normalized spacial score (nSPS) is 22.4. The highest BCUT2D eigenvalue weighted by atomic mass is 32.2. The van der Waals surface area contributed by atoms with E-state index in [1.165, 1.54) is 17.0 Å². The number of carbonyl (C=O) groups is 1. The lowest BCUT2D eigenvalue weighted by molar-refractivity contribution is 0.0675. The van der Waals surface area contributed by atoms with Gasteiger partial charge in [0.05, 0.1) is 17.5 Å². The van der Waals surface area contributed by atoms with Gasteiger partial charge in [0.1, 0.15) is 23.0 Å². The van der Waals surface area contributed by atoms with Crippen LogP contribution in [0.2, 0.25) is 0 Å². The fourth-order valence-electron chi connectivity index (χ4n) is 4.42. The number of aromatic hydroxyl groups is 1. The van der Waals surface area contributed by atoms with E-state index in [1.54, 1.807) is 36.4 Å². The monoisotopic (exact) mass is 427 g/mol. The third-order valence-electron chi connectivity index (χ3n) is 5.76. The first kappa shape index (κ1) is 18.8. The van der Waals surface area contributed by atoms with E-state index in [-0.39, 0.29) is 28.5 Å². The van der Waals surface area contributed by atoms with Crippen LogP contribution in [0.25, 0.3) is 11.3 Å². The zero-order valence-corrected chi connectivity index (χ0v) is 16.6. The second kappa shape index (κ2) is 6.66. The third kappa shape index (κ3) is 2.80. The summed E-state index contributed by atoms with van der Waals surface area (Å²) < 4.78 is 39.0. The summed E-state index contributed by atoms with van der Waals surface area (Å²) in [7, 11) is -3.26. The average molecular weight is 427 g/mol. The molecule has 7 nitrogen and oxygen atoms in total. The molecule has 1 aromatic heterocycles. The van der Waals surface area contributed by atoms with Crippen molar-refractivity contribution < 1.29 is 22.7 Å². The molecule has 1 saturated heterocycles. The van der Waals surface area contributed by atoms with Crippen molar-refractivity contribution in [1.82, 2.24) is 15.1 Å². The fraction of sp³-hybridized carbons (Fsp3) is 0.238. The Balaban J connectivity index is 1.72. The molecule has 0 radical (unpaired) electrons. The quantitative estimate of drug-likeness (QED) is 0.669. The van der Waals surface area contributed by atoms with Crippen LogP contribution in [0.15, 0.2) is 48.5 Å². The molecule has 0 aliphatic carbocycles. The molecule has 2 aliphatic rings. The van der Waals surface area contributed by atoms with Gasteiger partial charge >= 0.3 is 0 Å². The van der Waals surface area contributed by atoms with E-state index in [1.807, 2.05) is 0 Å². The summed E-state index contributed by atoms with van der Waals surface area (Å²) in [6.07, 6.45) is 0.294. The predicted molar refractivity (Wildman–Crippen MR) is 107 cm³/mol. The highest BCUT2D eigenvalue weighted by Crippen LogP contribution is 2.46. The van der Waals surface area contributed by atoms with Gasteiger partial charge in [-0.15, -0.1) is 0 Å². The van der Waals surface area contributed by atoms with Gasteiger partial charge in [0.25, 0.3) is 5.91 Å². The summed E-state index contributed by atoms with van der Waals surface area (Å²) in [5.74, 6) is -1.11. The molecule has 1 fully saturated rings. The maximum Gasteiger partial charge on any atom is 0.273 e. The van der Waals surface area contributed by atoms with E-state index in [0.717, 1.165) is 0 Å². The van der Waals surface area contributed by atoms with Crippen molar-refractivity contribution in [3.8, 4) is 17.0 Å². The molecule has 9 heteroatoms. The van der Waals surface area contributed by atoms with Gasteiger partial charge in [-0.2, -0.15) is 5.10 Å². The lowest BCUT2D eigenvalue weighted by Crippen LogP contribution is -2.40. The lowest BCUT2D eigenvalue weighted by atomic mass is 9.94. The third-order valence-corrected chi connectivity index (χ3v) is 7.52. The van der Waals surface area contributed by atoms with Crippen LogP contribution >= 0.6 is 0 Å². The highest BCUT2D eigenvalue weighted by Gasteiger charge is 2.48. The van der Waals surface area contributed by atoms with Gasteiger partial charge < -0.3 is 10.0 Å². The number of halogens is 1. The Hall–Kier alpha value is -3.20. The average Bonchev–Trinajstić information content (AvgIpc) is 3.36. The van der Waals surface area contributed by atoms with Gasteiger partial charge in [0, 0.05) is 22.7 Å². The molecule has 5 rings (SSSR count). The van der Waals surface area contributed by atoms with E-state index < -0.39 is 33.6 Å². The van der Waals surface area contributed by atoms with Crippen LogP contribution in [0.3, 0.4) is 0 Å². The first-order chi connectivity index (χ1) is 14.4. The number of benzene rings is 2. The Morgan fingerprint density at radius 3 is 2.57 bits per heavy atom. The van der Waals surface area contributed by atoms with E-state index in [9.17, 15) is 22.7 Å². The molecule has 0 saturated carbocycles. The first-order valence-corrected chi connectivity index (χ1v) is 11.3. The van der Waals surface area contributed by atoms with Crippen molar-refractivity contribution in [3.63, 3.8) is 0 Å². The largest absolute Gasteiger partial charge is 0.507 e. The Bertz CT molecular complexity index is 1270. The number of para-hydroxylation sites is 1. The van der Waals surface area contributed by atoms with Crippen molar-refractivity contribution in [3.05, 3.63) is 71.2 Å². The molecule has 2 aliphatic heterocycles. The van der Waals surface area contributed by atoms with Gasteiger partial charge in [0.15, 0.2) is 9.84 Å². The Kier molecular flexibility index (Phi) is 4.18. The molecule has 3 heterocycles. The Morgan fingerprint density at radius 2 is 1.87 bits per heavy atom. The van der Waals surface area contributed by atoms with Crippen LogP contribution < -0.4 is 0 Å². The maximum absolute atomic E-state index is 14.9. The molecule has 0 spiro atoms. The van der Waals surface area contributed by atoms with Crippen molar-refractivity contribution >= 4 is 15.7 Å². The van der Waals surface area contributed by atoms with Gasteiger partial charge in [0.2, 0.25) is 0 Å². The molecule has 1 amide bonds. The van der Waals surface area contributed by atoms with Crippen molar-refractivity contribution in [2.75, 3.05) is 11.5 Å². The fourth-order valence-corrected chi connectivity index (χ4v) is 6.13. The van der Waals surface area contributed by atoms with Gasteiger partial charge in [-0.25, -0.2) is 12.8 Å². The lowest BCUT2D eigenvalue weighted by Gasteiger charge is -2.31. The summed E-state index contributed by atoms with van der Waals surface area (Å²) in [5, 5.41) is 17.3. The van der Waals surface area contributed by atoms with Crippen LogP contribution in [-0.2, 0) is 9.84 Å². The molecular weight excluding hydrogens is 409 g/mol. The van der Waals surface area contributed by atoms with Crippen LogP contribution in [0.1, 0.15) is 34.1 Å². The van der Waals surface area contributed by atoms with E-state index in [4.69, 9.17) is 0 Å². The SMILES string of the molecule is O=C1c2[nH]nc(-c3ccccc3O)c2[C@@H](c2ccccc2F)N1[C@@H]1CCS(=O)(=O)C1. The molecule has 2 atom stereocenters. The number of carbonyl (C=O) groups excluding carboxylic acids is 1. The number of phenolic OH excluding ortho intramolecular Hbond substituents is 1. The Labute approximate surface area is 172 Å². The number of rotatable bonds is 3. The molecule has 0 bridgehead atoms. The number of fused-ring (bicyclic) bond motifs is 1. The summed E-state index contributed by atoms with van der Waals surface area (Å²) >= 11 is 0. The van der Waals surface area contributed by atoms with Gasteiger partial charge in [-0.3, -0.25) is 9.89 Å². The van der Waals surface area contributed by atoms with Gasteiger partial charge in [-0.1, -0.05) is 30.3 Å². The number of nitrogens with one attached hydrogen (secondary N) is 1. The molecule has 3 aromatic rings. The number of hydrogen-bond acceptors (Lipinski definition) is 5.